The summed E-state index contributed by atoms with van der Waals surface area (Å²) in [7, 11) is 0. The fourth-order valence-electron chi connectivity index (χ4n) is 2.12. The Morgan fingerprint density at radius 2 is 1.82 bits per heavy atom. The highest BCUT2D eigenvalue weighted by atomic mass is 32.1. The average Bonchev–Trinajstić information content (AvgIpc) is 3.09. The number of benzene rings is 1. The van der Waals surface area contributed by atoms with Gasteiger partial charge >= 0.3 is 0 Å². The van der Waals surface area contributed by atoms with Crippen LogP contribution in [0, 0.1) is 6.92 Å². The van der Waals surface area contributed by atoms with Gasteiger partial charge in [0, 0.05) is 23.3 Å². The molecule has 0 aliphatic rings. The lowest BCUT2D eigenvalue weighted by atomic mass is 10.1. The van der Waals surface area contributed by atoms with Gasteiger partial charge in [-0.3, -0.25) is 5.32 Å². The van der Waals surface area contributed by atoms with Gasteiger partial charge in [0.2, 0.25) is 10.9 Å². The van der Waals surface area contributed by atoms with E-state index in [9.17, 15) is 0 Å². The van der Waals surface area contributed by atoms with Crippen molar-refractivity contribution < 1.29 is 0 Å². The summed E-state index contributed by atoms with van der Waals surface area (Å²) in [5.74, 6) is 0.976. The fraction of sp³-hybridized carbons (Fsp3) is 0.0667. The summed E-state index contributed by atoms with van der Waals surface area (Å²) < 4.78 is 1.83. The van der Waals surface area contributed by atoms with E-state index in [2.05, 4.69) is 61.9 Å². The third-order valence-corrected chi connectivity index (χ3v) is 4.03. The van der Waals surface area contributed by atoms with E-state index in [0.29, 0.717) is 11.9 Å². The second-order valence-corrected chi connectivity index (χ2v) is 5.65. The second-order valence-electron chi connectivity index (χ2n) is 4.81. The first-order valence-corrected chi connectivity index (χ1v) is 7.63. The molecule has 0 spiro atoms. The standard InChI is InChI=1S/C15H12N6S/c1-10-3-5-11(6-4-10)12-9-22-15-19-14(20-21(12)15)18-13-16-7-2-8-17-13/h2-9H,1H3,(H,16,17,18,20). The summed E-state index contributed by atoms with van der Waals surface area (Å²) in [6.45, 7) is 2.07. The third-order valence-electron chi connectivity index (χ3n) is 3.22. The predicted molar refractivity (Wildman–Crippen MR) is 86.4 cm³/mol. The monoisotopic (exact) mass is 308 g/mol. The predicted octanol–water partition coefficient (Wildman–Crippen LogP) is 3.30. The van der Waals surface area contributed by atoms with Gasteiger partial charge in [0.25, 0.3) is 5.95 Å². The molecule has 1 N–H and O–H groups in total. The first-order valence-electron chi connectivity index (χ1n) is 6.75. The number of fused-ring (bicyclic) bond motifs is 1. The molecule has 0 aliphatic carbocycles. The highest BCUT2D eigenvalue weighted by Gasteiger charge is 2.12. The Hall–Kier alpha value is -2.80. The van der Waals surface area contributed by atoms with Crippen molar-refractivity contribution >= 4 is 28.2 Å². The van der Waals surface area contributed by atoms with Crippen LogP contribution in [-0.2, 0) is 0 Å². The Morgan fingerprint density at radius 1 is 1.05 bits per heavy atom. The molecule has 7 heteroatoms. The number of hydrogen-bond donors (Lipinski definition) is 1. The molecule has 0 unspecified atom stereocenters. The van der Waals surface area contributed by atoms with Crippen LogP contribution in [0.3, 0.4) is 0 Å². The molecular weight excluding hydrogens is 296 g/mol. The van der Waals surface area contributed by atoms with Gasteiger partial charge < -0.3 is 0 Å². The van der Waals surface area contributed by atoms with E-state index >= 15 is 0 Å². The molecular formula is C15H12N6S. The van der Waals surface area contributed by atoms with Crippen LogP contribution in [0.5, 0.6) is 0 Å². The quantitative estimate of drug-likeness (QED) is 0.629. The maximum Gasteiger partial charge on any atom is 0.250 e. The molecule has 4 rings (SSSR count). The van der Waals surface area contributed by atoms with Gasteiger partial charge in [0.05, 0.1) is 5.69 Å². The van der Waals surface area contributed by atoms with Crippen molar-refractivity contribution in [2.75, 3.05) is 5.32 Å². The van der Waals surface area contributed by atoms with Crippen molar-refractivity contribution in [1.29, 1.82) is 0 Å². The van der Waals surface area contributed by atoms with Crippen LogP contribution in [0.15, 0.2) is 48.1 Å². The maximum atomic E-state index is 4.49. The summed E-state index contributed by atoms with van der Waals surface area (Å²) in [6.07, 6.45) is 3.34. The van der Waals surface area contributed by atoms with Crippen LogP contribution < -0.4 is 5.32 Å². The molecule has 4 aromatic rings. The number of nitrogens with zero attached hydrogens (tertiary/aromatic N) is 5. The van der Waals surface area contributed by atoms with E-state index in [1.807, 2.05) is 4.52 Å². The van der Waals surface area contributed by atoms with Crippen LogP contribution in [0.2, 0.25) is 0 Å². The van der Waals surface area contributed by atoms with Gasteiger partial charge in [-0.05, 0) is 13.0 Å². The van der Waals surface area contributed by atoms with E-state index in [-0.39, 0.29) is 0 Å². The van der Waals surface area contributed by atoms with Crippen molar-refractivity contribution in [1.82, 2.24) is 24.6 Å². The number of anilines is 2. The Bertz CT molecular complexity index is 910. The minimum absolute atomic E-state index is 0.484. The van der Waals surface area contributed by atoms with E-state index in [1.165, 1.54) is 5.56 Å². The van der Waals surface area contributed by atoms with E-state index in [0.717, 1.165) is 16.2 Å². The second kappa shape index (κ2) is 5.19. The molecule has 0 bridgehead atoms. The zero-order valence-corrected chi connectivity index (χ0v) is 12.6. The summed E-state index contributed by atoms with van der Waals surface area (Å²) in [5.41, 5.74) is 3.37. The third kappa shape index (κ3) is 2.31. The normalized spacial score (nSPS) is 11.0. The van der Waals surface area contributed by atoms with Gasteiger partial charge in [-0.25, -0.2) is 14.5 Å². The van der Waals surface area contributed by atoms with Crippen molar-refractivity contribution in [3.63, 3.8) is 0 Å². The number of rotatable bonds is 3. The molecule has 0 radical (unpaired) electrons. The van der Waals surface area contributed by atoms with Crippen molar-refractivity contribution in [3.05, 3.63) is 53.7 Å². The first kappa shape index (κ1) is 12.9. The van der Waals surface area contributed by atoms with Gasteiger partial charge in [0.1, 0.15) is 0 Å². The highest BCUT2D eigenvalue weighted by Crippen LogP contribution is 2.26. The zero-order valence-electron chi connectivity index (χ0n) is 11.8. The summed E-state index contributed by atoms with van der Waals surface area (Å²) in [4.78, 5) is 13.5. The minimum Gasteiger partial charge on any atom is -0.291 e. The van der Waals surface area contributed by atoms with E-state index in [1.54, 1.807) is 29.8 Å². The molecule has 0 aliphatic heterocycles. The molecule has 0 amide bonds. The van der Waals surface area contributed by atoms with Crippen LogP contribution in [0.4, 0.5) is 11.9 Å². The van der Waals surface area contributed by atoms with Crippen molar-refractivity contribution in [2.24, 2.45) is 0 Å². The highest BCUT2D eigenvalue weighted by molar-refractivity contribution is 7.15. The Kier molecular flexibility index (Phi) is 3.05. The fourth-order valence-corrected chi connectivity index (χ4v) is 2.95. The Labute approximate surface area is 130 Å². The number of aromatic nitrogens is 5. The molecule has 0 atom stereocenters. The molecule has 0 saturated heterocycles. The molecule has 0 fully saturated rings. The molecule has 1 aromatic carbocycles. The van der Waals surface area contributed by atoms with Gasteiger partial charge in [-0.2, -0.15) is 4.98 Å². The molecule has 3 heterocycles. The molecule has 3 aromatic heterocycles. The summed E-state index contributed by atoms with van der Waals surface area (Å²) in [6, 6.07) is 10.1. The van der Waals surface area contributed by atoms with Gasteiger partial charge in [0.15, 0.2) is 0 Å². The van der Waals surface area contributed by atoms with Crippen molar-refractivity contribution in [3.8, 4) is 11.3 Å². The van der Waals surface area contributed by atoms with Crippen LogP contribution in [0.25, 0.3) is 16.2 Å². The lowest BCUT2D eigenvalue weighted by Gasteiger charge is -2.00. The SMILES string of the molecule is Cc1ccc(-c2csc3nc(Nc4ncccn4)nn23)cc1. The summed E-state index contributed by atoms with van der Waals surface area (Å²) >= 11 is 1.55. The Balaban J connectivity index is 1.71. The molecule has 108 valence electrons. The Morgan fingerprint density at radius 3 is 2.59 bits per heavy atom. The lowest BCUT2D eigenvalue weighted by Crippen LogP contribution is -1.98. The number of aryl methyl sites for hydroxylation is 1. The van der Waals surface area contributed by atoms with Crippen LogP contribution in [0.1, 0.15) is 5.56 Å². The summed E-state index contributed by atoms with van der Waals surface area (Å²) in [5, 5.41) is 9.56. The topological polar surface area (TPSA) is 68.0 Å². The molecule has 0 saturated carbocycles. The number of thiazole rings is 1. The zero-order chi connectivity index (χ0) is 14.9. The number of nitrogens with one attached hydrogen (secondary N) is 1. The number of hydrogen-bond acceptors (Lipinski definition) is 6. The molecule has 22 heavy (non-hydrogen) atoms. The minimum atomic E-state index is 0.484. The average molecular weight is 308 g/mol. The van der Waals surface area contributed by atoms with E-state index in [4.69, 9.17) is 0 Å². The maximum absolute atomic E-state index is 4.49. The largest absolute Gasteiger partial charge is 0.291 e. The van der Waals surface area contributed by atoms with Crippen LogP contribution >= 0.6 is 11.3 Å². The first-order chi connectivity index (χ1) is 10.8. The smallest absolute Gasteiger partial charge is 0.250 e. The lowest BCUT2D eigenvalue weighted by molar-refractivity contribution is 0.983. The van der Waals surface area contributed by atoms with Crippen LogP contribution in [-0.4, -0.2) is 24.6 Å². The van der Waals surface area contributed by atoms with E-state index < -0.39 is 0 Å². The molecule has 6 nitrogen and oxygen atoms in total. The van der Waals surface area contributed by atoms with Gasteiger partial charge in [-0.15, -0.1) is 16.4 Å². The van der Waals surface area contributed by atoms with Gasteiger partial charge in [-0.1, -0.05) is 29.8 Å². The van der Waals surface area contributed by atoms with Crippen molar-refractivity contribution in [2.45, 2.75) is 6.92 Å².